The normalized spacial score (nSPS) is 17.2. The lowest BCUT2D eigenvalue weighted by Gasteiger charge is -2.31. The average Bonchev–Trinajstić information content (AvgIpc) is 2.55. The third-order valence-corrected chi connectivity index (χ3v) is 4.42. The van der Waals surface area contributed by atoms with Crippen molar-refractivity contribution in [1.82, 2.24) is 10.2 Å². The van der Waals surface area contributed by atoms with Crippen molar-refractivity contribution in [3.63, 3.8) is 0 Å². The summed E-state index contributed by atoms with van der Waals surface area (Å²) in [5.74, 6) is 0.336. The molecule has 0 bridgehead atoms. The van der Waals surface area contributed by atoms with Crippen LogP contribution in [0.4, 0.5) is 13.2 Å². The van der Waals surface area contributed by atoms with E-state index >= 15 is 0 Å². The van der Waals surface area contributed by atoms with E-state index in [1.165, 1.54) is 18.2 Å². The molecular weight excluding hydrogens is 317 g/mol. The molecule has 1 aliphatic rings. The van der Waals surface area contributed by atoms with Gasteiger partial charge in [0, 0.05) is 19.2 Å². The van der Waals surface area contributed by atoms with Crippen molar-refractivity contribution >= 4 is 11.5 Å². The molecule has 0 aromatic heterocycles. The SMILES string of the molecule is CNCC1CCN(C(=O)C=C(C)c2ccccc2C(F)(F)F)CC1. The van der Waals surface area contributed by atoms with Crippen LogP contribution in [0.5, 0.6) is 0 Å². The van der Waals surface area contributed by atoms with Crippen LogP contribution in [0.3, 0.4) is 0 Å². The van der Waals surface area contributed by atoms with E-state index in [-0.39, 0.29) is 11.5 Å². The van der Waals surface area contributed by atoms with Crippen LogP contribution in [0.1, 0.15) is 30.9 Å². The number of hydrogen-bond acceptors (Lipinski definition) is 2. The maximum atomic E-state index is 13.1. The molecule has 0 aliphatic carbocycles. The van der Waals surface area contributed by atoms with Crippen LogP contribution in [0.2, 0.25) is 0 Å². The first kappa shape index (κ1) is 18.5. The van der Waals surface area contributed by atoms with Crippen LogP contribution < -0.4 is 5.32 Å². The Bertz CT molecular complexity index is 603. The standard InChI is InChI=1S/C18H23F3N2O/c1-13(15-5-3-4-6-16(15)18(19,20)21)11-17(24)23-9-7-14(8-10-23)12-22-2/h3-6,11,14,22H,7-10,12H2,1-2H3. The molecule has 0 saturated carbocycles. The lowest BCUT2D eigenvalue weighted by molar-refractivity contribution is -0.137. The molecule has 2 rings (SSSR count). The number of nitrogens with zero attached hydrogens (tertiary/aromatic N) is 1. The fourth-order valence-electron chi connectivity index (χ4n) is 3.07. The zero-order chi connectivity index (χ0) is 17.7. The first-order chi connectivity index (χ1) is 11.3. The summed E-state index contributed by atoms with van der Waals surface area (Å²) in [7, 11) is 1.90. The number of amides is 1. The highest BCUT2D eigenvalue weighted by Crippen LogP contribution is 2.34. The van der Waals surface area contributed by atoms with Crippen molar-refractivity contribution in [3.8, 4) is 0 Å². The van der Waals surface area contributed by atoms with Gasteiger partial charge in [0.1, 0.15) is 0 Å². The molecule has 0 atom stereocenters. The van der Waals surface area contributed by atoms with Gasteiger partial charge in [-0.1, -0.05) is 18.2 Å². The minimum absolute atomic E-state index is 0.0587. The number of benzene rings is 1. The predicted octanol–water partition coefficient (Wildman–Crippen LogP) is 3.57. The largest absolute Gasteiger partial charge is 0.416 e. The summed E-state index contributed by atoms with van der Waals surface area (Å²) in [5.41, 5.74) is -0.312. The minimum atomic E-state index is -4.43. The molecule has 1 heterocycles. The highest BCUT2D eigenvalue weighted by molar-refractivity contribution is 5.95. The Hall–Kier alpha value is -1.82. The number of carbonyl (C=O) groups is 1. The van der Waals surface area contributed by atoms with E-state index in [4.69, 9.17) is 0 Å². The molecule has 0 unspecified atom stereocenters. The molecule has 1 N–H and O–H groups in total. The molecular formula is C18H23F3N2O. The molecule has 6 heteroatoms. The summed E-state index contributed by atoms with van der Waals surface area (Å²) in [5, 5.41) is 3.13. The lowest BCUT2D eigenvalue weighted by Crippen LogP contribution is -2.39. The smallest absolute Gasteiger partial charge is 0.339 e. The highest BCUT2D eigenvalue weighted by Gasteiger charge is 2.33. The van der Waals surface area contributed by atoms with Gasteiger partial charge in [-0.3, -0.25) is 4.79 Å². The maximum absolute atomic E-state index is 13.1. The van der Waals surface area contributed by atoms with Gasteiger partial charge in [0.05, 0.1) is 5.56 Å². The molecule has 132 valence electrons. The molecule has 1 aromatic rings. The number of halogens is 3. The number of alkyl halides is 3. The topological polar surface area (TPSA) is 32.3 Å². The molecule has 1 saturated heterocycles. The molecule has 1 amide bonds. The number of allylic oxidation sites excluding steroid dienone is 1. The van der Waals surface area contributed by atoms with E-state index in [0.29, 0.717) is 24.6 Å². The second kappa shape index (κ2) is 7.83. The van der Waals surface area contributed by atoms with Crippen LogP contribution in [-0.4, -0.2) is 37.5 Å². The first-order valence-electron chi connectivity index (χ1n) is 8.11. The van der Waals surface area contributed by atoms with Gasteiger partial charge < -0.3 is 10.2 Å². The molecule has 3 nitrogen and oxygen atoms in total. The summed E-state index contributed by atoms with van der Waals surface area (Å²) in [4.78, 5) is 14.1. The molecule has 24 heavy (non-hydrogen) atoms. The Morgan fingerprint density at radius 1 is 1.29 bits per heavy atom. The molecule has 1 aliphatic heterocycles. The Morgan fingerprint density at radius 2 is 1.92 bits per heavy atom. The summed E-state index contributed by atoms with van der Waals surface area (Å²) >= 11 is 0. The highest BCUT2D eigenvalue weighted by atomic mass is 19.4. The van der Waals surface area contributed by atoms with Gasteiger partial charge in [-0.2, -0.15) is 13.2 Å². The van der Waals surface area contributed by atoms with Crippen molar-refractivity contribution in [2.75, 3.05) is 26.7 Å². The van der Waals surface area contributed by atoms with Crippen molar-refractivity contribution in [2.45, 2.75) is 25.9 Å². The van der Waals surface area contributed by atoms with Crippen LogP contribution in [0.25, 0.3) is 5.57 Å². The predicted molar refractivity (Wildman–Crippen MR) is 88.3 cm³/mol. The maximum Gasteiger partial charge on any atom is 0.416 e. The van der Waals surface area contributed by atoms with E-state index in [1.807, 2.05) is 7.05 Å². The summed E-state index contributed by atoms with van der Waals surface area (Å²) in [6, 6.07) is 5.35. The Morgan fingerprint density at radius 3 is 2.50 bits per heavy atom. The summed E-state index contributed by atoms with van der Waals surface area (Å²) in [6.45, 7) is 3.78. The van der Waals surface area contributed by atoms with Gasteiger partial charge >= 0.3 is 6.18 Å². The monoisotopic (exact) mass is 340 g/mol. The van der Waals surface area contributed by atoms with Gasteiger partial charge in [-0.05, 0) is 56.5 Å². The Labute approximate surface area is 140 Å². The third kappa shape index (κ3) is 4.60. The number of carbonyl (C=O) groups excluding carboxylic acids is 1. The van der Waals surface area contributed by atoms with E-state index in [9.17, 15) is 18.0 Å². The molecule has 0 spiro atoms. The number of likely N-dealkylation sites (tertiary alicyclic amines) is 1. The Balaban J connectivity index is 2.10. The van der Waals surface area contributed by atoms with Gasteiger partial charge in [-0.15, -0.1) is 0 Å². The van der Waals surface area contributed by atoms with Crippen LogP contribution in [0.15, 0.2) is 30.3 Å². The van der Waals surface area contributed by atoms with E-state index in [1.54, 1.807) is 17.9 Å². The van der Waals surface area contributed by atoms with Crippen molar-refractivity contribution in [2.24, 2.45) is 5.92 Å². The molecule has 1 aromatic carbocycles. The van der Waals surface area contributed by atoms with E-state index in [2.05, 4.69) is 5.32 Å². The van der Waals surface area contributed by atoms with Crippen LogP contribution in [-0.2, 0) is 11.0 Å². The number of piperidine rings is 1. The summed E-state index contributed by atoms with van der Waals surface area (Å²) < 4.78 is 39.3. The molecule has 0 radical (unpaired) electrons. The quantitative estimate of drug-likeness (QED) is 0.850. The third-order valence-electron chi connectivity index (χ3n) is 4.42. The number of nitrogens with one attached hydrogen (secondary N) is 1. The van der Waals surface area contributed by atoms with Gasteiger partial charge in [0.15, 0.2) is 0 Å². The van der Waals surface area contributed by atoms with Crippen LogP contribution >= 0.6 is 0 Å². The minimum Gasteiger partial charge on any atom is -0.339 e. The zero-order valence-corrected chi connectivity index (χ0v) is 14.0. The van der Waals surface area contributed by atoms with E-state index in [0.717, 1.165) is 25.5 Å². The van der Waals surface area contributed by atoms with Gasteiger partial charge in [0.2, 0.25) is 5.91 Å². The second-order valence-corrected chi connectivity index (χ2v) is 6.20. The van der Waals surface area contributed by atoms with E-state index < -0.39 is 11.7 Å². The first-order valence-corrected chi connectivity index (χ1v) is 8.11. The fourth-order valence-corrected chi connectivity index (χ4v) is 3.07. The van der Waals surface area contributed by atoms with Gasteiger partial charge in [0.25, 0.3) is 0 Å². The second-order valence-electron chi connectivity index (χ2n) is 6.20. The van der Waals surface area contributed by atoms with Crippen molar-refractivity contribution in [1.29, 1.82) is 0 Å². The lowest BCUT2D eigenvalue weighted by atomic mass is 9.96. The van der Waals surface area contributed by atoms with Crippen molar-refractivity contribution < 1.29 is 18.0 Å². The number of rotatable bonds is 4. The average molecular weight is 340 g/mol. The Kier molecular flexibility index (Phi) is 6.04. The van der Waals surface area contributed by atoms with Gasteiger partial charge in [-0.25, -0.2) is 0 Å². The fraction of sp³-hybridized carbons (Fsp3) is 0.500. The van der Waals surface area contributed by atoms with Crippen LogP contribution in [0, 0.1) is 5.92 Å². The number of hydrogen-bond donors (Lipinski definition) is 1. The zero-order valence-electron chi connectivity index (χ0n) is 14.0. The van der Waals surface area contributed by atoms with Crippen molar-refractivity contribution in [3.05, 3.63) is 41.5 Å². The molecule has 1 fully saturated rings. The summed E-state index contributed by atoms with van der Waals surface area (Å²) in [6.07, 6.45) is -1.28.